The number of nitrogens with one attached hydrogen (secondary N) is 3. The van der Waals surface area contributed by atoms with Gasteiger partial charge in [-0.05, 0) is 42.9 Å². The fourth-order valence-corrected chi connectivity index (χ4v) is 3.51. The minimum Gasteiger partial charge on any atom is -0.508 e. The number of aliphatic imine (C=N–C) groups is 1. The molecular weight excluding hydrogens is 524 g/mol. The Balaban J connectivity index is 3.13. The Kier molecular flexibility index (Phi) is 13.9. The third kappa shape index (κ3) is 12.4. The van der Waals surface area contributed by atoms with Crippen molar-refractivity contribution < 1.29 is 34.2 Å². The second-order valence-electron chi connectivity index (χ2n) is 9.62. The van der Waals surface area contributed by atoms with Gasteiger partial charge in [-0.1, -0.05) is 26.0 Å². The van der Waals surface area contributed by atoms with Crippen molar-refractivity contribution in [1.29, 1.82) is 0 Å². The number of aliphatic carboxylic acids is 1. The van der Waals surface area contributed by atoms with E-state index >= 15 is 0 Å². The molecule has 1 aromatic rings. The van der Waals surface area contributed by atoms with Gasteiger partial charge in [-0.15, -0.1) is 0 Å². The smallest absolute Gasteiger partial charge is 0.326 e. The molecule has 40 heavy (non-hydrogen) atoms. The van der Waals surface area contributed by atoms with E-state index in [-0.39, 0.29) is 56.3 Å². The van der Waals surface area contributed by atoms with E-state index in [1.807, 2.05) is 0 Å². The molecule has 0 aliphatic rings. The van der Waals surface area contributed by atoms with E-state index in [0.717, 1.165) is 0 Å². The van der Waals surface area contributed by atoms with Crippen LogP contribution in [0.3, 0.4) is 0 Å². The van der Waals surface area contributed by atoms with E-state index in [0.29, 0.717) is 5.56 Å². The predicted molar refractivity (Wildman–Crippen MR) is 146 cm³/mol. The maximum absolute atomic E-state index is 13.3. The molecular formula is C25H40N8O7. The van der Waals surface area contributed by atoms with E-state index in [2.05, 4.69) is 20.9 Å². The van der Waals surface area contributed by atoms with Crippen LogP contribution in [-0.2, 0) is 30.4 Å². The molecule has 0 aliphatic carbocycles. The van der Waals surface area contributed by atoms with Crippen LogP contribution >= 0.6 is 0 Å². The molecule has 0 saturated carbocycles. The quantitative estimate of drug-likeness (QED) is 0.0558. The lowest BCUT2D eigenvalue weighted by atomic mass is 10.0. The van der Waals surface area contributed by atoms with Gasteiger partial charge in [-0.25, -0.2) is 4.79 Å². The Hall–Kier alpha value is -4.40. The lowest BCUT2D eigenvalue weighted by Gasteiger charge is -2.26. The zero-order chi connectivity index (χ0) is 30.4. The number of carboxylic acids is 1. The normalized spacial score (nSPS) is 13.8. The number of amides is 4. The molecule has 4 atom stereocenters. The summed E-state index contributed by atoms with van der Waals surface area (Å²) in [5.41, 5.74) is 22.3. The summed E-state index contributed by atoms with van der Waals surface area (Å²) in [5, 5.41) is 26.5. The first-order valence-corrected chi connectivity index (χ1v) is 12.7. The van der Waals surface area contributed by atoms with Gasteiger partial charge in [-0.3, -0.25) is 24.2 Å². The molecule has 4 unspecified atom stereocenters. The number of nitrogens with zero attached hydrogens (tertiary/aromatic N) is 1. The monoisotopic (exact) mass is 564 g/mol. The van der Waals surface area contributed by atoms with Crippen molar-refractivity contribution in [3.63, 3.8) is 0 Å². The molecule has 4 amide bonds. The summed E-state index contributed by atoms with van der Waals surface area (Å²) in [6.07, 6.45) is -0.299. The fourth-order valence-electron chi connectivity index (χ4n) is 3.51. The minimum absolute atomic E-state index is 0.00471. The number of benzene rings is 1. The van der Waals surface area contributed by atoms with Crippen molar-refractivity contribution in [3.8, 4) is 5.75 Å². The molecule has 0 bridgehead atoms. The molecule has 0 saturated heterocycles. The number of carboxylic acid groups (broad SMARTS) is 1. The molecule has 0 spiro atoms. The average Bonchev–Trinajstić information content (AvgIpc) is 2.87. The number of rotatable bonds is 17. The van der Waals surface area contributed by atoms with E-state index in [1.165, 1.54) is 12.1 Å². The molecule has 0 radical (unpaired) electrons. The van der Waals surface area contributed by atoms with Gasteiger partial charge in [0.05, 0.1) is 6.04 Å². The van der Waals surface area contributed by atoms with Crippen molar-refractivity contribution in [2.75, 3.05) is 6.54 Å². The Morgan fingerprint density at radius 2 is 1.40 bits per heavy atom. The van der Waals surface area contributed by atoms with Crippen molar-refractivity contribution in [2.45, 2.75) is 70.1 Å². The van der Waals surface area contributed by atoms with Crippen LogP contribution < -0.4 is 38.9 Å². The van der Waals surface area contributed by atoms with Crippen LogP contribution in [0.5, 0.6) is 5.75 Å². The van der Waals surface area contributed by atoms with Crippen LogP contribution in [0.4, 0.5) is 0 Å². The molecule has 1 aromatic carbocycles. The largest absolute Gasteiger partial charge is 0.508 e. The first kappa shape index (κ1) is 33.6. The van der Waals surface area contributed by atoms with Crippen LogP contribution in [-0.4, -0.2) is 76.5 Å². The van der Waals surface area contributed by atoms with Crippen molar-refractivity contribution in [3.05, 3.63) is 29.8 Å². The number of carbonyl (C=O) groups excluding carboxylic acids is 4. The first-order valence-electron chi connectivity index (χ1n) is 12.7. The lowest BCUT2D eigenvalue weighted by molar-refractivity contribution is -0.142. The zero-order valence-electron chi connectivity index (χ0n) is 22.6. The number of primary amides is 1. The predicted octanol–water partition coefficient (Wildman–Crippen LogP) is -2.22. The Morgan fingerprint density at radius 1 is 0.850 bits per heavy atom. The molecule has 15 nitrogen and oxygen atoms in total. The molecule has 0 aromatic heterocycles. The van der Waals surface area contributed by atoms with Crippen LogP contribution in [0.15, 0.2) is 29.3 Å². The number of carbonyl (C=O) groups is 5. The lowest BCUT2D eigenvalue weighted by Crippen LogP contribution is -2.58. The topological polar surface area (TPSA) is 278 Å². The summed E-state index contributed by atoms with van der Waals surface area (Å²) in [6.45, 7) is 3.61. The molecule has 0 heterocycles. The van der Waals surface area contributed by atoms with E-state index in [9.17, 15) is 34.2 Å². The molecule has 13 N–H and O–H groups in total. The minimum atomic E-state index is -1.35. The van der Waals surface area contributed by atoms with Gasteiger partial charge in [0.1, 0.15) is 23.9 Å². The second-order valence-corrected chi connectivity index (χ2v) is 9.62. The maximum atomic E-state index is 13.3. The zero-order valence-corrected chi connectivity index (χ0v) is 22.6. The number of phenolic OH excluding ortho intramolecular Hbond substituents is 1. The maximum Gasteiger partial charge on any atom is 0.326 e. The van der Waals surface area contributed by atoms with Gasteiger partial charge in [0.2, 0.25) is 23.6 Å². The van der Waals surface area contributed by atoms with Crippen molar-refractivity contribution in [2.24, 2.45) is 33.8 Å². The number of hydrogen-bond acceptors (Lipinski definition) is 8. The highest BCUT2D eigenvalue weighted by Crippen LogP contribution is 2.12. The second kappa shape index (κ2) is 16.5. The summed E-state index contributed by atoms with van der Waals surface area (Å²) >= 11 is 0. The van der Waals surface area contributed by atoms with Crippen LogP contribution in [0.2, 0.25) is 0 Å². The number of phenols is 1. The number of guanidine groups is 1. The average molecular weight is 565 g/mol. The molecule has 1 rings (SSSR count). The summed E-state index contributed by atoms with van der Waals surface area (Å²) in [4.78, 5) is 65.9. The van der Waals surface area contributed by atoms with E-state index < -0.39 is 53.8 Å². The Labute approximate surface area is 232 Å². The van der Waals surface area contributed by atoms with Crippen molar-refractivity contribution in [1.82, 2.24) is 16.0 Å². The highest BCUT2D eigenvalue weighted by atomic mass is 16.4. The fraction of sp³-hybridized carbons (Fsp3) is 0.520. The SMILES string of the molecule is CC(C)C(N)C(=O)NC(Cc1ccc(O)cc1)C(=O)NC(CCC(N)=O)C(=O)NC(CCCN=C(N)N)C(=O)O. The first-order chi connectivity index (χ1) is 18.7. The Bertz CT molecular complexity index is 1060. The van der Waals surface area contributed by atoms with Crippen LogP contribution in [0.1, 0.15) is 45.1 Å². The summed E-state index contributed by atoms with van der Waals surface area (Å²) in [6, 6.07) is 1.15. The number of aromatic hydroxyl groups is 1. The van der Waals surface area contributed by atoms with Gasteiger partial charge >= 0.3 is 5.97 Å². The number of hydrogen-bond donors (Lipinski definition) is 9. The summed E-state index contributed by atoms with van der Waals surface area (Å²) in [7, 11) is 0. The van der Waals surface area contributed by atoms with Crippen LogP contribution in [0, 0.1) is 5.92 Å². The molecule has 222 valence electrons. The highest BCUT2D eigenvalue weighted by molar-refractivity contribution is 5.94. The third-order valence-electron chi connectivity index (χ3n) is 5.90. The van der Waals surface area contributed by atoms with Gasteiger partial charge in [0, 0.05) is 19.4 Å². The number of nitrogens with two attached hydrogens (primary N) is 4. The van der Waals surface area contributed by atoms with Gasteiger partial charge in [-0.2, -0.15) is 0 Å². The van der Waals surface area contributed by atoms with Gasteiger partial charge in [0.15, 0.2) is 5.96 Å². The van der Waals surface area contributed by atoms with E-state index in [4.69, 9.17) is 22.9 Å². The standard InChI is InChI=1S/C25H40N8O7/c1-13(2)20(27)23(38)33-18(12-14-5-7-15(34)8-6-14)22(37)31-16(9-10-19(26)35)21(36)32-17(24(39)40)4-3-11-30-25(28)29/h5-8,13,16-18,20,34H,3-4,9-12,27H2,1-2H3,(H2,26,35)(H,31,37)(H,32,36)(H,33,38)(H,39,40)(H4,28,29,30). The molecule has 0 aliphatic heterocycles. The molecule has 0 fully saturated rings. The van der Waals surface area contributed by atoms with Crippen molar-refractivity contribution >= 4 is 35.6 Å². The summed E-state index contributed by atoms with van der Waals surface area (Å²) < 4.78 is 0. The summed E-state index contributed by atoms with van der Waals surface area (Å²) in [5.74, 6) is -4.68. The Morgan fingerprint density at radius 3 is 1.93 bits per heavy atom. The highest BCUT2D eigenvalue weighted by Gasteiger charge is 2.31. The van der Waals surface area contributed by atoms with E-state index in [1.54, 1.807) is 26.0 Å². The van der Waals surface area contributed by atoms with Gasteiger partial charge in [0.25, 0.3) is 0 Å². The van der Waals surface area contributed by atoms with Crippen LogP contribution in [0.25, 0.3) is 0 Å². The third-order valence-corrected chi connectivity index (χ3v) is 5.90. The van der Waals surface area contributed by atoms with Gasteiger partial charge < -0.3 is 49.1 Å². The molecule has 15 heteroatoms.